The average Bonchev–Trinajstić information content (AvgIpc) is 2.52. The van der Waals surface area contributed by atoms with E-state index < -0.39 is 0 Å². The lowest BCUT2D eigenvalue weighted by Crippen LogP contribution is -2.41. The summed E-state index contributed by atoms with van der Waals surface area (Å²) in [6.07, 6.45) is 3.80. The predicted molar refractivity (Wildman–Crippen MR) is 62.4 cm³/mol. The molecule has 2 unspecified atom stereocenters. The molecule has 2 atom stereocenters. The minimum Gasteiger partial charge on any atom is -0.383 e. The zero-order valence-corrected chi connectivity index (χ0v) is 9.82. The summed E-state index contributed by atoms with van der Waals surface area (Å²) in [6, 6.07) is 0.576. The molecule has 1 rings (SSSR count). The summed E-state index contributed by atoms with van der Waals surface area (Å²) in [5.41, 5.74) is 0. The van der Waals surface area contributed by atoms with Crippen LogP contribution < -0.4 is 10.6 Å². The molecule has 0 spiro atoms. The zero-order chi connectivity index (χ0) is 10.4. The number of methoxy groups -OCH3 is 1. The van der Waals surface area contributed by atoms with E-state index in [0.717, 1.165) is 17.6 Å². The van der Waals surface area contributed by atoms with Gasteiger partial charge < -0.3 is 15.4 Å². The molecule has 0 radical (unpaired) electrons. The topological polar surface area (TPSA) is 33.3 Å². The molecule has 3 nitrogen and oxygen atoms in total. The third-order valence-electron chi connectivity index (χ3n) is 2.62. The van der Waals surface area contributed by atoms with E-state index in [1.807, 2.05) is 0 Å². The summed E-state index contributed by atoms with van der Waals surface area (Å²) < 4.78 is 4.93. The predicted octanol–water partition coefficient (Wildman–Crippen LogP) is 1.29. The van der Waals surface area contributed by atoms with E-state index in [1.165, 1.54) is 19.3 Å². The van der Waals surface area contributed by atoms with Crippen LogP contribution in [0.25, 0.3) is 0 Å². The number of nitrogens with one attached hydrogen (secondary N) is 2. The number of hydrogen-bond donors (Lipinski definition) is 2. The molecule has 0 heterocycles. The maximum absolute atomic E-state index is 5.16. The van der Waals surface area contributed by atoms with Crippen LogP contribution in [0.3, 0.4) is 0 Å². The molecule has 0 amide bonds. The second-order valence-corrected chi connectivity index (χ2v) is 4.42. The first-order valence-corrected chi connectivity index (χ1v) is 5.66. The molecule has 0 aromatic carbocycles. The molecule has 0 bridgehead atoms. The zero-order valence-electron chi connectivity index (χ0n) is 9.01. The van der Waals surface area contributed by atoms with E-state index in [0.29, 0.717) is 12.6 Å². The third kappa shape index (κ3) is 4.24. The quantitative estimate of drug-likeness (QED) is 0.548. The highest BCUT2D eigenvalue weighted by atomic mass is 32.1. The second kappa shape index (κ2) is 6.19. The van der Waals surface area contributed by atoms with Crippen LogP contribution in [0.4, 0.5) is 0 Å². The van der Waals surface area contributed by atoms with Gasteiger partial charge in [0, 0.05) is 19.7 Å². The smallest absolute Gasteiger partial charge is 0.166 e. The summed E-state index contributed by atoms with van der Waals surface area (Å²) in [5.74, 6) is 0.842. The fourth-order valence-corrected chi connectivity index (χ4v) is 2.11. The van der Waals surface area contributed by atoms with Gasteiger partial charge in [-0.3, -0.25) is 0 Å². The SMILES string of the molecule is COCCNC(=S)NC1CCC(C)C1. The van der Waals surface area contributed by atoms with E-state index in [-0.39, 0.29) is 0 Å². The number of rotatable bonds is 4. The summed E-state index contributed by atoms with van der Waals surface area (Å²) in [6.45, 7) is 3.77. The van der Waals surface area contributed by atoms with Gasteiger partial charge in [-0.05, 0) is 37.4 Å². The van der Waals surface area contributed by atoms with E-state index in [9.17, 15) is 0 Å². The molecule has 1 aliphatic carbocycles. The van der Waals surface area contributed by atoms with Gasteiger partial charge in [-0.25, -0.2) is 0 Å². The Hall–Kier alpha value is -0.350. The van der Waals surface area contributed by atoms with E-state index >= 15 is 0 Å². The van der Waals surface area contributed by atoms with Crippen LogP contribution in [-0.2, 0) is 4.74 Å². The lowest BCUT2D eigenvalue weighted by atomic mass is 10.1. The van der Waals surface area contributed by atoms with Gasteiger partial charge in [-0.1, -0.05) is 6.92 Å². The van der Waals surface area contributed by atoms with Crippen LogP contribution in [0.5, 0.6) is 0 Å². The summed E-state index contributed by atoms with van der Waals surface area (Å²) in [5, 5.41) is 7.22. The highest BCUT2D eigenvalue weighted by molar-refractivity contribution is 7.80. The van der Waals surface area contributed by atoms with Gasteiger partial charge in [0.05, 0.1) is 6.61 Å². The van der Waals surface area contributed by atoms with Crippen LogP contribution in [0.1, 0.15) is 26.2 Å². The largest absolute Gasteiger partial charge is 0.383 e. The Kier molecular flexibility index (Phi) is 5.19. The van der Waals surface area contributed by atoms with E-state index in [4.69, 9.17) is 17.0 Å². The first-order valence-electron chi connectivity index (χ1n) is 5.25. The Balaban J connectivity index is 2.08. The van der Waals surface area contributed by atoms with Crippen LogP contribution >= 0.6 is 12.2 Å². The van der Waals surface area contributed by atoms with Crippen LogP contribution in [0.2, 0.25) is 0 Å². The molecule has 0 aromatic heterocycles. The van der Waals surface area contributed by atoms with E-state index in [2.05, 4.69) is 17.6 Å². The van der Waals surface area contributed by atoms with Crippen LogP contribution in [-0.4, -0.2) is 31.4 Å². The number of hydrogen-bond acceptors (Lipinski definition) is 2. The molecule has 0 aromatic rings. The monoisotopic (exact) mass is 216 g/mol. The van der Waals surface area contributed by atoms with Crippen molar-refractivity contribution in [3.05, 3.63) is 0 Å². The normalized spacial score (nSPS) is 26.1. The van der Waals surface area contributed by atoms with Crippen LogP contribution in [0, 0.1) is 5.92 Å². The van der Waals surface area contributed by atoms with Crippen molar-refractivity contribution in [3.8, 4) is 0 Å². The summed E-state index contributed by atoms with van der Waals surface area (Å²) in [7, 11) is 1.69. The molecule has 0 saturated heterocycles. The molecule has 4 heteroatoms. The molecular weight excluding hydrogens is 196 g/mol. The Morgan fingerprint density at radius 2 is 2.29 bits per heavy atom. The highest BCUT2D eigenvalue weighted by Gasteiger charge is 2.21. The molecule has 14 heavy (non-hydrogen) atoms. The highest BCUT2D eigenvalue weighted by Crippen LogP contribution is 2.24. The lowest BCUT2D eigenvalue weighted by Gasteiger charge is -2.15. The van der Waals surface area contributed by atoms with Crippen molar-refractivity contribution in [3.63, 3.8) is 0 Å². The summed E-state index contributed by atoms with van der Waals surface area (Å²) in [4.78, 5) is 0. The van der Waals surface area contributed by atoms with E-state index in [1.54, 1.807) is 7.11 Å². The van der Waals surface area contributed by atoms with Gasteiger partial charge in [0.1, 0.15) is 0 Å². The minimum absolute atomic E-state index is 0.576. The van der Waals surface area contributed by atoms with Crippen molar-refractivity contribution in [2.75, 3.05) is 20.3 Å². The second-order valence-electron chi connectivity index (χ2n) is 4.01. The van der Waals surface area contributed by atoms with Crippen molar-refractivity contribution in [2.45, 2.75) is 32.2 Å². The molecule has 0 aliphatic heterocycles. The fourth-order valence-electron chi connectivity index (χ4n) is 1.84. The Labute approximate surface area is 91.6 Å². The Bertz CT molecular complexity index is 187. The molecular formula is C10H20N2OS. The van der Waals surface area contributed by atoms with Gasteiger partial charge in [-0.2, -0.15) is 0 Å². The molecule has 1 fully saturated rings. The van der Waals surface area contributed by atoms with Gasteiger partial charge in [0.25, 0.3) is 0 Å². The van der Waals surface area contributed by atoms with Crippen molar-refractivity contribution in [2.24, 2.45) is 5.92 Å². The molecule has 1 aliphatic rings. The summed E-state index contributed by atoms with van der Waals surface area (Å²) >= 11 is 5.16. The van der Waals surface area contributed by atoms with Gasteiger partial charge in [0.2, 0.25) is 0 Å². The van der Waals surface area contributed by atoms with Crippen molar-refractivity contribution >= 4 is 17.3 Å². The maximum Gasteiger partial charge on any atom is 0.166 e. The lowest BCUT2D eigenvalue weighted by molar-refractivity contribution is 0.204. The number of ether oxygens (including phenoxy) is 1. The standard InChI is InChI=1S/C10H20N2OS/c1-8-3-4-9(7-8)12-10(14)11-5-6-13-2/h8-9H,3-7H2,1-2H3,(H2,11,12,14). The Morgan fingerprint density at radius 3 is 2.86 bits per heavy atom. The molecule has 1 saturated carbocycles. The van der Waals surface area contributed by atoms with Crippen LogP contribution in [0.15, 0.2) is 0 Å². The Morgan fingerprint density at radius 1 is 1.50 bits per heavy atom. The number of thiocarbonyl (C=S) groups is 1. The van der Waals surface area contributed by atoms with Gasteiger partial charge >= 0.3 is 0 Å². The minimum atomic E-state index is 0.576. The van der Waals surface area contributed by atoms with Gasteiger partial charge in [-0.15, -0.1) is 0 Å². The molecule has 82 valence electrons. The van der Waals surface area contributed by atoms with Gasteiger partial charge in [0.15, 0.2) is 5.11 Å². The average molecular weight is 216 g/mol. The first-order chi connectivity index (χ1) is 6.72. The maximum atomic E-state index is 5.16. The van der Waals surface area contributed by atoms with Crippen molar-refractivity contribution in [1.82, 2.24) is 10.6 Å². The van der Waals surface area contributed by atoms with Crippen molar-refractivity contribution < 1.29 is 4.74 Å². The molecule has 2 N–H and O–H groups in total. The fraction of sp³-hybridized carbons (Fsp3) is 0.900. The third-order valence-corrected chi connectivity index (χ3v) is 2.88. The first kappa shape index (κ1) is 11.7. The van der Waals surface area contributed by atoms with Crippen molar-refractivity contribution in [1.29, 1.82) is 0 Å².